The molecule has 2 aromatic carbocycles. The number of aliphatic hydroxyl groups excluding tert-OH is 3. The van der Waals surface area contributed by atoms with Crippen LogP contribution in [0, 0.1) is 0 Å². The summed E-state index contributed by atoms with van der Waals surface area (Å²) in [5.41, 5.74) is 2.60. The average molecular weight is 503 g/mol. The smallest absolute Gasteiger partial charge is 0.187 e. The summed E-state index contributed by atoms with van der Waals surface area (Å²) in [6, 6.07) is 14.9. The first-order chi connectivity index (χ1) is 16.5. The van der Waals surface area contributed by atoms with Crippen LogP contribution in [-0.2, 0) is 11.2 Å². The fourth-order valence-electron chi connectivity index (χ4n) is 3.88. The summed E-state index contributed by atoms with van der Waals surface area (Å²) in [7, 11) is 0. The van der Waals surface area contributed by atoms with Gasteiger partial charge in [-0.15, -0.1) is 0 Å². The van der Waals surface area contributed by atoms with E-state index in [0.29, 0.717) is 34.5 Å². The Kier molecular flexibility index (Phi) is 8.41. The van der Waals surface area contributed by atoms with Crippen LogP contribution in [0.5, 0.6) is 5.75 Å². The third kappa shape index (κ3) is 5.89. The number of thioether (sulfide) groups is 1. The van der Waals surface area contributed by atoms with Gasteiger partial charge in [0.1, 0.15) is 30.2 Å². The molecular formula is C25H27ClN2O5S. The van der Waals surface area contributed by atoms with Crippen molar-refractivity contribution in [3.63, 3.8) is 0 Å². The van der Waals surface area contributed by atoms with Crippen molar-refractivity contribution in [2.45, 2.75) is 49.0 Å². The largest absolute Gasteiger partial charge is 0.494 e. The van der Waals surface area contributed by atoms with E-state index in [1.807, 2.05) is 37.3 Å². The number of benzene rings is 2. The lowest BCUT2D eigenvalue weighted by atomic mass is 9.90. The third-order valence-corrected chi connectivity index (χ3v) is 6.99. The first-order valence-electron chi connectivity index (χ1n) is 11.1. The highest BCUT2D eigenvalue weighted by Gasteiger charge is 2.44. The minimum absolute atomic E-state index is 0.318. The number of ether oxygens (including phenoxy) is 2. The Morgan fingerprint density at radius 2 is 1.74 bits per heavy atom. The second-order valence-electron chi connectivity index (χ2n) is 8.01. The predicted molar refractivity (Wildman–Crippen MR) is 130 cm³/mol. The van der Waals surface area contributed by atoms with Crippen LogP contribution in [-0.4, -0.2) is 62.1 Å². The summed E-state index contributed by atoms with van der Waals surface area (Å²) in [5.74, 6) is 1.13. The van der Waals surface area contributed by atoms with E-state index in [9.17, 15) is 15.3 Å². The van der Waals surface area contributed by atoms with Crippen molar-refractivity contribution in [1.82, 2.24) is 9.97 Å². The molecule has 2 heterocycles. The van der Waals surface area contributed by atoms with Gasteiger partial charge in [0, 0.05) is 23.2 Å². The fourth-order valence-corrected chi connectivity index (χ4v) is 4.92. The number of aromatic nitrogens is 2. The molecule has 0 aliphatic carbocycles. The maximum atomic E-state index is 10.7. The lowest BCUT2D eigenvalue weighted by Gasteiger charge is -2.41. The van der Waals surface area contributed by atoms with Crippen LogP contribution in [0.15, 0.2) is 66.1 Å². The highest BCUT2D eigenvalue weighted by atomic mass is 35.5. The first-order valence-corrected chi connectivity index (χ1v) is 12.4. The summed E-state index contributed by atoms with van der Waals surface area (Å²) in [4.78, 5) is 8.31. The second kappa shape index (κ2) is 11.5. The maximum absolute atomic E-state index is 10.7. The van der Waals surface area contributed by atoms with Crippen molar-refractivity contribution in [3.05, 3.63) is 82.6 Å². The average Bonchev–Trinajstić information content (AvgIpc) is 2.86. The number of rotatable bonds is 8. The fraction of sp³-hybridized carbons (Fsp3) is 0.360. The van der Waals surface area contributed by atoms with Crippen LogP contribution < -0.4 is 4.74 Å². The van der Waals surface area contributed by atoms with Gasteiger partial charge in [-0.2, -0.15) is 0 Å². The van der Waals surface area contributed by atoms with Gasteiger partial charge >= 0.3 is 0 Å². The molecule has 1 saturated heterocycles. The van der Waals surface area contributed by atoms with Gasteiger partial charge in [-0.05, 0) is 54.3 Å². The highest BCUT2D eigenvalue weighted by molar-refractivity contribution is 7.99. The normalized spacial score (nSPS) is 24.7. The quantitative estimate of drug-likeness (QED) is 0.318. The number of hydrogen-bond donors (Lipinski definition) is 3. The van der Waals surface area contributed by atoms with Crippen LogP contribution in [0.1, 0.15) is 29.7 Å². The van der Waals surface area contributed by atoms with E-state index >= 15 is 0 Å². The summed E-state index contributed by atoms with van der Waals surface area (Å²) in [6.07, 6.45) is -1.58. The van der Waals surface area contributed by atoms with Crippen molar-refractivity contribution in [2.75, 3.05) is 12.4 Å². The Morgan fingerprint density at radius 1 is 1.00 bits per heavy atom. The van der Waals surface area contributed by atoms with E-state index < -0.39 is 30.5 Å². The molecule has 1 aromatic heterocycles. The highest BCUT2D eigenvalue weighted by Crippen LogP contribution is 2.36. The molecule has 3 N–H and O–H groups in total. The molecule has 7 nitrogen and oxygen atoms in total. The Hall–Kier alpha value is -2.20. The second-order valence-corrected chi connectivity index (χ2v) is 9.41. The van der Waals surface area contributed by atoms with Gasteiger partial charge in [-0.1, -0.05) is 47.6 Å². The Labute approximate surface area is 207 Å². The molecule has 0 radical (unpaired) electrons. The van der Waals surface area contributed by atoms with Gasteiger partial charge in [0.2, 0.25) is 0 Å². The number of hydrogen-bond acceptors (Lipinski definition) is 8. The molecule has 1 fully saturated rings. The standard InChI is InChI=1S/C25H27ClN2O5S/c1-2-32-18-7-4-15(5-8-18)12-17-13-16(6-9-19(17)26)24-23(31)22(30)21(29)20(33-24)14-34-25-27-10-3-11-28-25/h3-11,13,20-24,29-31H,2,12,14H2,1H3/t20-,21-,22?,23-,24+/m1/s1. The van der Waals surface area contributed by atoms with Gasteiger partial charge in [-0.25, -0.2) is 9.97 Å². The zero-order chi connectivity index (χ0) is 24.1. The molecule has 180 valence electrons. The Morgan fingerprint density at radius 3 is 2.44 bits per heavy atom. The summed E-state index contributed by atoms with van der Waals surface area (Å²) in [5, 5.41) is 32.8. The van der Waals surface area contributed by atoms with Gasteiger partial charge in [0.25, 0.3) is 0 Å². The van der Waals surface area contributed by atoms with Gasteiger partial charge in [0.15, 0.2) is 5.16 Å². The minimum Gasteiger partial charge on any atom is -0.494 e. The summed E-state index contributed by atoms with van der Waals surface area (Å²) >= 11 is 7.78. The molecule has 4 rings (SSSR count). The van der Waals surface area contributed by atoms with Gasteiger partial charge in [0.05, 0.1) is 12.7 Å². The number of nitrogens with zero attached hydrogens (tertiary/aromatic N) is 2. The van der Waals surface area contributed by atoms with Crippen LogP contribution >= 0.6 is 23.4 Å². The molecule has 0 spiro atoms. The Bertz CT molecular complexity index is 1070. The molecule has 9 heteroatoms. The van der Waals surface area contributed by atoms with E-state index in [1.165, 1.54) is 11.8 Å². The van der Waals surface area contributed by atoms with Crippen LogP contribution in [0.4, 0.5) is 0 Å². The summed E-state index contributed by atoms with van der Waals surface area (Å²) < 4.78 is 11.6. The van der Waals surface area contributed by atoms with E-state index in [4.69, 9.17) is 21.1 Å². The molecule has 0 saturated carbocycles. The molecular weight excluding hydrogens is 476 g/mol. The molecule has 1 unspecified atom stereocenters. The topological polar surface area (TPSA) is 105 Å². The van der Waals surface area contributed by atoms with E-state index in [0.717, 1.165) is 16.9 Å². The Balaban J connectivity index is 1.51. The molecule has 0 bridgehead atoms. The monoisotopic (exact) mass is 502 g/mol. The minimum atomic E-state index is -1.36. The van der Waals surface area contributed by atoms with Gasteiger partial charge in [-0.3, -0.25) is 0 Å². The molecule has 34 heavy (non-hydrogen) atoms. The van der Waals surface area contributed by atoms with Crippen LogP contribution in [0.3, 0.4) is 0 Å². The maximum Gasteiger partial charge on any atom is 0.187 e. The first kappa shape index (κ1) is 24.9. The van der Waals surface area contributed by atoms with Crippen molar-refractivity contribution < 1.29 is 24.8 Å². The van der Waals surface area contributed by atoms with Crippen molar-refractivity contribution in [1.29, 1.82) is 0 Å². The van der Waals surface area contributed by atoms with Crippen LogP contribution in [0.25, 0.3) is 0 Å². The van der Waals surface area contributed by atoms with Crippen molar-refractivity contribution in [2.24, 2.45) is 0 Å². The zero-order valence-corrected chi connectivity index (χ0v) is 20.2. The molecule has 1 aliphatic heterocycles. The lowest BCUT2D eigenvalue weighted by molar-refractivity contribution is -0.218. The van der Waals surface area contributed by atoms with Crippen molar-refractivity contribution in [3.8, 4) is 5.75 Å². The predicted octanol–water partition coefficient (Wildman–Crippen LogP) is 3.43. The zero-order valence-electron chi connectivity index (χ0n) is 18.6. The molecule has 3 aromatic rings. The van der Waals surface area contributed by atoms with Gasteiger partial charge < -0.3 is 24.8 Å². The van der Waals surface area contributed by atoms with E-state index in [1.54, 1.807) is 30.6 Å². The number of halogens is 1. The molecule has 5 atom stereocenters. The lowest BCUT2D eigenvalue weighted by Crippen LogP contribution is -2.54. The summed E-state index contributed by atoms with van der Waals surface area (Å²) in [6.45, 7) is 2.55. The SMILES string of the molecule is CCOc1ccc(Cc2cc([C@@H]3O[C@H](CSc4ncccn4)[C@@H](O)C(O)[C@H]3O)ccc2Cl)cc1. The van der Waals surface area contributed by atoms with Crippen molar-refractivity contribution >= 4 is 23.4 Å². The third-order valence-electron chi connectivity index (χ3n) is 5.66. The van der Waals surface area contributed by atoms with E-state index in [2.05, 4.69) is 9.97 Å². The number of aliphatic hydroxyl groups is 3. The molecule has 0 amide bonds. The van der Waals surface area contributed by atoms with Crippen LogP contribution in [0.2, 0.25) is 5.02 Å². The van der Waals surface area contributed by atoms with E-state index in [-0.39, 0.29) is 0 Å². The molecule has 1 aliphatic rings.